The molecular formula is C16H19N3OS. The van der Waals surface area contributed by atoms with E-state index in [4.69, 9.17) is 27.4 Å². The molecule has 0 bridgehead atoms. The van der Waals surface area contributed by atoms with Crippen LogP contribution in [0.5, 0.6) is 0 Å². The number of furan rings is 1. The highest BCUT2D eigenvalue weighted by molar-refractivity contribution is 7.80. The number of aryl methyl sites for hydroxylation is 3. The van der Waals surface area contributed by atoms with E-state index in [2.05, 4.69) is 11.0 Å². The van der Waals surface area contributed by atoms with Gasteiger partial charge in [0.05, 0.1) is 11.8 Å². The molecule has 110 valence electrons. The summed E-state index contributed by atoms with van der Waals surface area (Å²) in [6, 6.07) is 4.10. The Hall–Kier alpha value is -1.88. The third-order valence-electron chi connectivity index (χ3n) is 4.03. The van der Waals surface area contributed by atoms with Crippen molar-refractivity contribution in [1.29, 1.82) is 0 Å². The minimum Gasteiger partial charge on any atom is -0.469 e. The van der Waals surface area contributed by atoms with Crippen molar-refractivity contribution in [3.05, 3.63) is 46.5 Å². The number of rotatable bonds is 4. The van der Waals surface area contributed by atoms with Gasteiger partial charge >= 0.3 is 0 Å². The van der Waals surface area contributed by atoms with Crippen LogP contribution in [-0.2, 0) is 19.4 Å². The highest BCUT2D eigenvalue weighted by Gasteiger charge is 2.20. The predicted octanol–water partition coefficient (Wildman–Crippen LogP) is 2.74. The van der Waals surface area contributed by atoms with Crippen LogP contribution in [0, 0.1) is 6.92 Å². The van der Waals surface area contributed by atoms with Gasteiger partial charge in [0.25, 0.3) is 0 Å². The number of hydrogen-bond donors (Lipinski definition) is 1. The van der Waals surface area contributed by atoms with Gasteiger partial charge in [0, 0.05) is 24.8 Å². The Morgan fingerprint density at radius 2 is 2.29 bits per heavy atom. The first-order valence-electron chi connectivity index (χ1n) is 7.13. The van der Waals surface area contributed by atoms with E-state index in [1.54, 1.807) is 6.26 Å². The van der Waals surface area contributed by atoms with Gasteiger partial charge in [-0.3, -0.25) is 0 Å². The van der Waals surface area contributed by atoms with E-state index in [1.807, 2.05) is 20.0 Å². The molecule has 2 N–H and O–H groups in total. The predicted molar refractivity (Wildman–Crippen MR) is 87.7 cm³/mol. The third kappa shape index (κ3) is 2.65. The number of thiocarbonyl (C=S) groups is 1. The van der Waals surface area contributed by atoms with Gasteiger partial charge in [0.2, 0.25) is 0 Å². The van der Waals surface area contributed by atoms with Crippen LogP contribution in [0.3, 0.4) is 0 Å². The van der Waals surface area contributed by atoms with E-state index in [-0.39, 0.29) is 0 Å². The lowest BCUT2D eigenvalue weighted by molar-refractivity contribution is 0.529. The average Bonchev–Trinajstić information content (AvgIpc) is 3.06. The molecule has 0 fully saturated rings. The minimum atomic E-state index is 0.406. The Balaban J connectivity index is 1.96. The molecule has 0 saturated heterocycles. The van der Waals surface area contributed by atoms with Crippen molar-refractivity contribution in [2.45, 2.75) is 32.7 Å². The van der Waals surface area contributed by atoms with Crippen molar-refractivity contribution >= 4 is 23.0 Å². The Bertz CT molecular complexity index is 693. The lowest BCUT2D eigenvalue weighted by Crippen LogP contribution is -2.23. The molecular weight excluding hydrogens is 282 g/mol. The molecule has 0 aliphatic heterocycles. The molecule has 0 radical (unpaired) electrons. The fourth-order valence-electron chi connectivity index (χ4n) is 2.84. The summed E-state index contributed by atoms with van der Waals surface area (Å²) in [6.07, 6.45) is 4.98. The Kier molecular flexibility index (Phi) is 3.68. The lowest BCUT2D eigenvalue weighted by Gasteiger charge is -2.22. The summed E-state index contributed by atoms with van der Waals surface area (Å²) in [7, 11) is 2.01. The molecule has 3 rings (SSSR count). The SMILES string of the molecule is Cc1occc1CN(C)c1nc2c(cc1C(N)=S)CCC2. The molecule has 0 spiro atoms. The molecule has 0 unspecified atom stereocenters. The molecule has 2 heterocycles. The van der Waals surface area contributed by atoms with Gasteiger partial charge in [0.15, 0.2) is 0 Å². The van der Waals surface area contributed by atoms with Gasteiger partial charge in [-0.2, -0.15) is 0 Å². The van der Waals surface area contributed by atoms with Crippen LogP contribution in [0.1, 0.15) is 34.6 Å². The highest BCUT2D eigenvalue weighted by atomic mass is 32.1. The summed E-state index contributed by atoms with van der Waals surface area (Å²) in [5.41, 5.74) is 10.4. The number of hydrogen-bond acceptors (Lipinski definition) is 4. The zero-order valence-electron chi connectivity index (χ0n) is 12.3. The van der Waals surface area contributed by atoms with Crippen LogP contribution in [0.25, 0.3) is 0 Å². The molecule has 0 saturated carbocycles. The van der Waals surface area contributed by atoms with Gasteiger partial charge in [-0.15, -0.1) is 0 Å². The van der Waals surface area contributed by atoms with Gasteiger partial charge in [-0.1, -0.05) is 12.2 Å². The van der Waals surface area contributed by atoms with Crippen LogP contribution in [0.15, 0.2) is 22.8 Å². The van der Waals surface area contributed by atoms with Crippen LogP contribution >= 0.6 is 12.2 Å². The molecule has 1 aliphatic rings. The molecule has 5 heteroatoms. The quantitative estimate of drug-likeness (QED) is 0.880. The Labute approximate surface area is 130 Å². The van der Waals surface area contributed by atoms with Gasteiger partial charge < -0.3 is 15.1 Å². The monoisotopic (exact) mass is 301 g/mol. The number of nitrogens with zero attached hydrogens (tertiary/aromatic N) is 2. The fraction of sp³-hybridized carbons (Fsp3) is 0.375. The number of anilines is 1. The summed E-state index contributed by atoms with van der Waals surface area (Å²) in [6.45, 7) is 2.69. The second kappa shape index (κ2) is 5.48. The molecule has 1 aliphatic carbocycles. The normalized spacial score (nSPS) is 13.2. The number of fused-ring (bicyclic) bond motifs is 1. The smallest absolute Gasteiger partial charge is 0.139 e. The maximum Gasteiger partial charge on any atom is 0.139 e. The van der Waals surface area contributed by atoms with E-state index >= 15 is 0 Å². The first-order valence-corrected chi connectivity index (χ1v) is 7.54. The van der Waals surface area contributed by atoms with Crippen molar-refractivity contribution in [3.63, 3.8) is 0 Å². The molecule has 21 heavy (non-hydrogen) atoms. The standard InChI is InChI=1S/C16H19N3OS/c1-10-12(6-7-20-10)9-19(2)16-13(15(17)21)8-11-4-3-5-14(11)18-16/h6-8H,3-5,9H2,1-2H3,(H2,17,21). The first-order chi connectivity index (χ1) is 10.1. The zero-order chi connectivity index (χ0) is 15.0. The van der Waals surface area contributed by atoms with Crippen LogP contribution < -0.4 is 10.6 Å². The van der Waals surface area contributed by atoms with Gasteiger partial charge in [-0.05, 0) is 43.9 Å². The largest absolute Gasteiger partial charge is 0.469 e. The maximum atomic E-state index is 5.90. The Morgan fingerprint density at radius 1 is 1.48 bits per heavy atom. The average molecular weight is 301 g/mol. The summed E-state index contributed by atoms with van der Waals surface area (Å²) in [4.78, 5) is 7.31. The maximum absolute atomic E-state index is 5.90. The molecule has 0 atom stereocenters. The first kappa shape index (κ1) is 14.1. The topological polar surface area (TPSA) is 55.3 Å². The van der Waals surface area contributed by atoms with Crippen molar-refractivity contribution < 1.29 is 4.42 Å². The third-order valence-corrected chi connectivity index (χ3v) is 4.25. The Morgan fingerprint density at radius 3 is 2.95 bits per heavy atom. The van der Waals surface area contributed by atoms with E-state index in [1.165, 1.54) is 11.3 Å². The number of nitrogens with two attached hydrogens (primary N) is 1. The molecule has 4 nitrogen and oxygen atoms in total. The van der Waals surface area contributed by atoms with Crippen molar-refractivity contribution in [2.75, 3.05) is 11.9 Å². The molecule has 0 amide bonds. The highest BCUT2D eigenvalue weighted by Crippen LogP contribution is 2.28. The number of aromatic nitrogens is 1. The van der Waals surface area contributed by atoms with Crippen molar-refractivity contribution in [2.24, 2.45) is 5.73 Å². The summed E-state index contributed by atoms with van der Waals surface area (Å²) in [5.74, 6) is 1.80. The molecule has 2 aromatic heterocycles. The van der Waals surface area contributed by atoms with Gasteiger partial charge in [0.1, 0.15) is 16.6 Å². The lowest BCUT2D eigenvalue weighted by atomic mass is 10.1. The number of pyridine rings is 1. The van der Waals surface area contributed by atoms with Gasteiger partial charge in [-0.25, -0.2) is 4.98 Å². The van der Waals surface area contributed by atoms with E-state index in [9.17, 15) is 0 Å². The van der Waals surface area contributed by atoms with Crippen LogP contribution in [-0.4, -0.2) is 17.0 Å². The summed E-state index contributed by atoms with van der Waals surface area (Å²) >= 11 is 5.21. The van der Waals surface area contributed by atoms with E-state index < -0.39 is 0 Å². The zero-order valence-corrected chi connectivity index (χ0v) is 13.2. The van der Waals surface area contributed by atoms with Crippen LogP contribution in [0.4, 0.5) is 5.82 Å². The molecule has 0 aromatic carbocycles. The summed E-state index contributed by atoms with van der Waals surface area (Å²) < 4.78 is 5.36. The second-order valence-corrected chi connectivity index (χ2v) is 5.98. The fourth-order valence-corrected chi connectivity index (χ4v) is 2.99. The van der Waals surface area contributed by atoms with E-state index in [0.29, 0.717) is 4.99 Å². The minimum absolute atomic E-state index is 0.406. The van der Waals surface area contributed by atoms with Crippen molar-refractivity contribution in [1.82, 2.24) is 4.98 Å². The van der Waals surface area contributed by atoms with E-state index in [0.717, 1.165) is 48.5 Å². The summed E-state index contributed by atoms with van der Waals surface area (Å²) in [5, 5.41) is 0. The second-order valence-electron chi connectivity index (χ2n) is 5.54. The molecule has 2 aromatic rings. The van der Waals surface area contributed by atoms with Crippen molar-refractivity contribution in [3.8, 4) is 0 Å². The van der Waals surface area contributed by atoms with Crippen LogP contribution in [0.2, 0.25) is 0 Å².